The zero-order chi connectivity index (χ0) is 5.82. The molecule has 0 unspecified atom stereocenters. The molecule has 4 nitrogen and oxygen atoms in total. The molecule has 1 heterocycles. The summed E-state index contributed by atoms with van der Waals surface area (Å²) in [6, 6.07) is 3.45. The quantitative estimate of drug-likeness (QED) is 0.415. The van der Waals surface area contributed by atoms with Crippen LogP contribution in [-0.4, -0.2) is 4.73 Å². The van der Waals surface area contributed by atoms with E-state index >= 15 is 0 Å². The van der Waals surface area contributed by atoms with E-state index in [0.717, 1.165) is 0 Å². The molecule has 1 aromatic heterocycles. The first kappa shape index (κ1) is 4.83. The Balaban J connectivity index is 2.62. The molecular formula is C4H4N2O2. The second-order valence-electron chi connectivity index (χ2n) is 1.20. The van der Waals surface area contributed by atoms with Crippen LogP contribution in [0.25, 0.3) is 0 Å². The zero-order valence-corrected chi connectivity index (χ0v) is 4.02. The van der Waals surface area contributed by atoms with Crippen LogP contribution in [0.1, 0.15) is 0 Å². The van der Waals surface area contributed by atoms with Gasteiger partial charge in [0.15, 0.2) is 5.34 Å². The molecule has 1 rings (SSSR count). The van der Waals surface area contributed by atoms with E-state index in [0.29, 0.717) is 0 Å². The number of aromatic nitrogens is 1. The molecule has 0 N–H and O–H groups in total. The summed E-state index contributed by atoms with van der Waals surface area (Å²) in [6.07, 6.45) is 3.14. The predicted molar refractivity (Wildman–Crippen MR) is 26.8 cm³/mol. The Kier molecular flexibility index (Phi) is 1.27. The lowest BCUT2D eigenvalue weighted by molar-refractivity contribution is 0.115. The number of hydrogen-bond acceptors (Lipinski definition) is 3. The van der Waals surface area contributed by atoms with E-state index in [-0.39, 0.29) is 0 Å². The normalized spacial score (nSPS) is 8.50. The average Bonchev–Trinajstić information content (AvgIpc) is 2.19. The number of rotatable bonds is 2. The molecule has 0 atom stereocenters. The van der Waals surface area contributed by atoms with Crippen LogP contribution in [0.4, 0.5) is 0 Å². The van der Waals surface area contributed by atoms with Gasteiger partial charge in [0.25, 0.3) is 0 Å². The van der Waals surface area contributed by atoms with Crippen molar-refractivity contribution in [2.24, 2.45) is 5.34 Å². The van der Waals surface area contributed by atoms with Crippen molar-refractivity contribution in [1.29, 1.82) is 0 Å². The molecule has 1 aromatic rings. The minimum absolute atomic E-state index is 1.20. The largest absolute Gasteiger partial charge is 0.226 e. The van der Waals surface area contributed by atoms with Crippen LogP contribution in [-0.2, 0) is 0 Å². The van der Waals surface area contributed by atoms with Crippen molar-refractivity contribution in [3.8, 4) is 0 Å². The summed E-state index contributed by atoms with van der Waals surface area (Å²) in [5, 5.41) is 2.19. The first-order valence-corrected chi connectivity index (χ1v) is 2.06. The van der Waals surface area contributed by atoms with Gasteiger partial charge in [0, 0.05) is 12.4 Å². The molecule has 0 aliphatic heterocycles. The molecule has 8 heavy (non-hydrogen) atoms. The predicted octanol–water partition coefficient (Wildman–Crippen LogP) is 0.598. The van der Waals surface area contributed by atoms with Gasteiger partial charge >= 0.3 is 0 Å². The van der Waals surface area contributed by atoms with E-state index in [1.807, 2.05) is 0 Å². The first-order valence-electron chi connectivity index (χ1n) is 2.06. The fourth-order valence-electron chi connectivity index (χ4n) is 0.412. The second-order valence-corrected chi connectivity index (χ2v) is 1.20. The number of nitrogens with zero attached hydrogens (tertiary/aromatic N) is 2. The van der Waals surface area contributed by atoms with E-state index in [1.54, 1.807) is 24.5 Å². The highest BCUT2D eigenvalue weighted by atomic mass is 16.8. The summed E-state index contributed by atoms with van der Waals surface area (Å²) in [4.78, 5) is 13.5. The molecule has 0 spiro atoms. The first-order chi connectivity index (χ1) is 3.93. The van der Waals surface area contributed by atoms with Gasteiger partial charge in [-0.15, -0.1) is 4.91 Å². The van der Waals surface area contributed by atoms with Gasteiger partial charge in [-0.2, -0.15) is 4.73 Å². The molecule has 0 aliphatic carbocycles. The average molecular weight is 112 g/mol. The van der Waals surface area contributed by atoms with Crippen LogP contribution in [0, 0.1) is 4.91 Å². The maximum absolute atomic E-state index is 9.38. The van der Waals surface area contributed by atoms with Gasteiger partial charge in [0.05, 0.1) is 0 Å². The summed E-state index contributed by atoms with van der Waals surface area (Å²) in [5.41, 5.74) is 0. The Morgan fingerprint density at radius 3 is 2.50 bits per heavy atom. The monoisotopic (exact) mass is 112 g/mol. The van der Waals surface area contributed by atoms with Crippen molar-refractivity contribution in [2.45, 2.75) is 0 Å². The third-order valence-electron chi connectivity index (χ3n) is 0.705. The fraction of sp³-hybridized carbons (Fsp3) is 0. The molecule has 0 saturated carbocycles. The van der Waals surface area contributed by atoms with Crippen LogP contribution in [0.3, 0.4) is 0 Å². The molecule has 0 saturated heterocycles. The summed E-state index contributed by atoms with van der Waals surface area (Å²) in [6.45, 7) is 0. The lowest BCUT2D eigenvalue weighted by Gasteiger charge is -1.88. The van der Waals surface area contributed by atoms with Crippen LogP contribution >= 0.6 is 0 Å². The summed E-state index contributed by atoms with van der Waals surface area (Å²) >= 11 is 0. The highest BCUT2D eigenvalue weighted by Crippen LogP contribution is 1.83. The van der Waals surface area contributed by atoms with Crippen molar-refractivity contribution in [1.82, 2.24) is 4.73 Å². The van der Waals surface area contributed by atoms with E-state index in [1.165, 1.54) is 4.73 Å². The topological polar surface area (TPSA) is 43.6 Å². The minimum Gasteiger partial charge on any atom is -0.226 e. The molecule has 0 fully saturated rings. The van der Waals surface area contributed by atoms with Gasteiger partial charge < -0.3 is 0 Å². The molecular weight excluding hydrogens is 108 g/mol. The second kappa shape index (κ2) is 2.11. The highest BCUT2D eigenvalue weighted by molar-refractivity contribution is 4.87. The smallest absolute Gasteiger partial charge is 0.182 e. The van der Waals surface area contributed by atoms with E-state index in [9.17, 15) is 4.91 Å². The summed E-state index contributed by atoms with van der Waals surface area (Å²) in [7, 11) is 0. The van der Waals surface area contributed by atoms with Crippen molar-refractivity contribution < 1.29 is 4.94 Å². The molecule has 0 aliphatic rings. The lowest BCUT2D eigenvalue weighted by atomic mass is 10.7. The SMILES string of the molecule is O=NOn1cccc1. The Morgan fingerprint density at radius 1 is 1.38 bits per heavy atom. The molecule has 0 radical (unpaired) electrons. The zero-order valence-electron chi connectivity index (χ0n) is 4.02. The van der Waals surface area contributed by atoms with Gasteiger partial charge in [-0.05, 0) is 12.1 Å². The Morgan fingerprint density at radius 2 is 2.00 bits per heavy atom. The number of hydrogen-bond donors (Lipinski definition) is 0. The van der Waals surface area contributed by atoms with Crippen molar-refractivity contribution >= 4 is 0 Å². The van der Waals surface area contributed by atoms with Gasteiger partial charge in [-0.25, -0.2) is 4.94 Å². The molecule has 4 heteroatoms. The van der Waals surface area contributed by atoms with E-state index in [2.05, 4.69) is 10.3 Å². The maximum atomic E-state index is 9.38. The van der Waals surface area contributed by atoms with E-state index < -0.39 is 0 Å². The molecule has 0 amide bonds. The third-order valence-corrected chi connectivity index (χ3v) is 0.705. The van der Waals surface area contributed by atoms with Crippen molar-refractivity contribution in [2.75, 3.05) is 0 Å². The van der Waals surface area contributed by atoms with E-state index in [4.69, 9.17) is 0 Å². The standard InChI is InChI=1S/C4H4N2O2/c7-5-8-6-3-1-2-4-6/h1-4H. The minimum atomic E-state index is 1.20. The van der Waals surface area contributed by atoms with Crippen LogP contribution in [0.2, 0.25) is 0 Å². The van der Waals surface area contributed by atoms with Crippen molar-refractivity contribution in [3.05, 3.63) is 29.4 Å². The Labute approximate surface area is 45.6 Å². The summed E-state index contributed by atoms with van der Waals surface area (Å²) < 4.78 is 1.20. The van der Waals surface area contributed by atoms with Crippen molar-refractivity contribution in [3.63, 3.8) is 0 Å². The molecule has 42 valence electrons. The van der Waals surface area contributed by atoms with Gasteiger partial charge in [-0.1, -0.05) is 0 Å². The fourth-order valence-corrected chi connectivity index (χ4v) is 0.412. The van der Waals surface area contributed by atoms with Gasteiger partial charge in [-0.3, -0.25) is 0 Å². The Hall–Kier alpha value is -1.32. The molecule has 0 bridgehead atoms. The lowest BCUT2D eigenvalue weighted by Crippen LogP contribution is -1.98. The molecule has 0 aromatic carbocycles. The van der Waals surface area contributed by atoms with Crippen LogP contribution < -0.4 is 4.94 Å². The summed E-state index contributed by atoms with van der Waals surface area (Å²) in [5.74, 6) is 0. The van der Waals surface area contributed by atoms with Gasteiger partial charge in [0.2, 0.25) is 0 Å². The van der Waals surface area contributed by atoms with Crippen LogP contribution in [0.5, 0.6) is 0 Å². The third kappa shape index (κ3) is 0.841. The maximum Gasteiger partial charge on any atom is 0.182 e. The highest BCUT2D eigenvalue weighted by Gasteiger charge is 1.81. The van der Waals surface area contributed by atoms with Crippen LogP contribution in [0.15, 0.2) is 29.9 Å². The Bertz CT molecular complexity index is 159. The van der Waals surface area contributed by atoms with Gasteiger partial charge in [0.1, 0.15) is 0 Å².